The predicted octanol–water partition coefficient (Wildman–Crippen LogP) is 3.66. The second kappa shape index (κ2) is 7.58. The van der Waals surface area contributed by atoms with E-state index in [9.17, 15) is 19.5 Å². The third-order valence-electron chi connectivity index (χ3n) is 6.01. The van der Waals surface area contributed by atoms with Gasteiger partial charge in [-0.3, -0.25) is 9.59 Å². The van der Waals surface area contributed by atoms with Gasteiger partial charge in [0.05, 0.1) is 5.41 Å². The number of amides is 3. The van der Waals surface area contributed by atoms with Gasteiger partial charge in [-0.2, -0.15) is 0 Å². The molecular formula is C22H23N3O4. The molecule has 1 aliphatic carbocycles. The molecule has 2 aromatic carbocycles. The van der Waals surface area contributed by atoms with Gasteiger partial charge in [0.25, 0.3) is 5.91 Å². The number of carboxylic acid groups (broad SMARTS) is 1. The van der Waals surface area contributed by atoms with Crippen LogP contribution in [0.1, 0.15) is 29.6 Å². The van der Waals surface area contributed by atoms with Crippen molar-refractivity contribution in [3.8, 4) is 0 Å². The summed E-state index contributed by atoms with van der Waals surface area (Å²) >= 11 is 0. The summed E-state index contributed by atoms with van der Waals surface area (Å²) in [7, 11) is 0. The molecule has 150 valence electrons. The Morgan fingerprint density at radius 2 is 1.66 bits per heavy atom. The number of anilines is 2. The molecule has 1 aliphatic heterocycles. The van der Waals surface area contributed by atoms with Gasteiger partial charge in [-0.05, 0) is 55.2 Å². The van der Waals surface area contributed by atoms with E-state index >= 15 is 0 Å². The Morgan fingerprint density at radius 3 is 2.31 bits per heavy atom. The molecule has 29 heavy (non-hydrogen) atoms. The highest BCUT2D eigenvalue weighted by Crippen LogP contribution is 2.48. The standard InChI is InChI=1S/C22H23N3O4/c26-19(23-17-6-2-1-3-7-17)15-8-10-18(11-9-15)24-21(29)25-13-16-5-4-12-22(16,14-25)20(27)28/h1-3,6-11,16H,4-5,12-14H2,(H,23,26)(H,24,29)(H,27,28)/t16-,22+/m0/s1. The van der Waals surface area contributed by atoms with Crippen LogP contribution < -0.4 is 10.6 Å². The summed E-state index contributed by atoms with van der Waals surface area (Å²) in [5.41, 5.74) is 0.957. The minimum absolute atomic E-state index is 0.0230. The average molecular weight is 393 g/mol. The van der Waals surface area contributed by atoms with Crippen molar-refractivity contribution in [2.75, 3.05) is 23.7 Å². The molecule has 0 bridgehead atoms. The van der Waals surface area contributed by atoms with Gasteiger partial charge >= 0.3 is 12.0 Å². The first-order chi connectivity index (χ1) is 14.0. The van der Waals surface area contributed by atoms with Gasteiger partial charge < -0.3 is 20.6 Å². The van der Waals surface area contributed by atoms with Crippen LogP contribution in [0.15, 0.2) is 54.6 Å². The van der Waals surface area contributed by atoms with Crippen molar-refractivity contribution < 1.29 is 19.5 Å². The lowest BCUT2D eigenvalue weighted by Crippen LogP contribution is -2.38. The van der Waals surface area contributed by atoms with E-state index in [-0.39, 0.29) is 24.4 Å². The lowest BCUT2D eigenvalue weighted by molar-refractivity contribution is -0.149. The minimum atomic E-state index is -0.802. The Bertz CT molecular complexity index is 929. The van der Waals surface area contributed by atoms with Crippen LogP contribution in [0.2, 0.25) is 0 Å². The molecule has 7 nitrogen and oxygen atoms in total. The molecular weight excluding hydrogens is 370 g/mol. The molecule has 3 amide bonds. The number of rotatable bonds is 4. The van der Waals surface area contributed by atoms with Crippen molar-refractivity contribution in [3.63, 3.8) is 0 Å². The van der Waals surface area contributed by atoms with Gasteiger partial charge in [-0.25, -0.2) is 4.79 Å². The van der Waals surface area contributed by atoms with Crippen molar-refractivity contribution >= 4 is 29.3 Å². The van der Waals surface area contributed by atoms with Crippen LogP contribution in [0.4, 0.5) is 16.2 Å². The molecule has 2 atom stereocenters. The first-order valence-corrected chi connectivity index (χ1v) is 9.74. The molecule has 7 heteroatoms. The summed E-state index contributed by atoms with van der Waals surface area (Å²) in [4.78, 5) is 38.3. The molecule has 4 rings (SSSR count). The van der Waals surface area contributed by atoms with Crippen LogP contribution >= 0.6 is 0 Å². The zero-order valence-corrected chi connectivity index (χ0v) is 15.9. The molecule has 2 aliphatic rings. The monoisotopic (exact) mass is 393 g/mol. The van der Waals surface area contributed by atoms with Gasteiger partial charge in [0.2, 0.25) is 0 Å². The van der Waals surface area contributed by atoms with Gasteiger partial charge in [-0.1, -0.05) is 24.6 Å². The molecule has 1 saturated heterocycles. The number of benzene rings is 2. The van der Waals surface area contributed by atoms with Crippen molar-refractivity contribution in [2.45, 2.75) is 19.3 Å². The summed E-state index contributed by atoms with van der Waals surface area (Å²) in [6.07, 6.45) is 2.38. The number of nitrogens with one attached hydrogen (secondary N) is 2. The van der Waals surface area contributed by atoms with E-state index < -0.39 is 11.4 Å². The van der Waals surface area contributed by atoms with Crippen LogP contribution in [0.25, 0.3) is 0 Å². The number of fused-ring (bicyclic) bond motifs is 1. The van der Waals surface area contributed by atoms with E-state index in [1.54, 1.807) is 29.2 Å². The molecule has 3 N–H and O–H groups in total. The van der Waals surface area contributed by atoms with Crippen molar-refractivity contribution in [2.24, 2.45) is 11.3 Å². The average Bonchev–Trinajstić information content (AvgIpc) is 3.28. The van der Waals surface area contributed by atoms with Gasteiger partial charge in [0.1, 0.15) is 0 Å². The number of carbonyl (C=O) groups is 3. The highest BCUT2D eigenvalue weighted by molar-refractivity contribution is 6.04. The van der Waals surface area contributed by atoms with Gasteiger partial charge in [0.15, 0.2) is 0 Å². The summed E-state index contributed by atoms with van der Waals surface area (Å²) in [6, 6.07) is 15.5. The van der Waals surface area contributed by atoms with Crippen molar-refractivity contribution in [1.82, 2.24) is 4.90 Å². The Kier molecular flexibility index (Phi) is 4.96. The SMILES string of the molecule is O=C(Nc1ccccc1)c1ccc(NC(=O)N2C[C@@H]3CCC[C@@]3(C(=O)O)C2)cc1. The third kappa shape index (κ3) is 3.68. The number of aliphatic carboxylic acids is 1. The Balaban J connectivity index is 1.37. The van der Waals surface area contributed by atoms with Gasteiger partial charge in [-0.15, -0.1) is 0 Å². The van der Waals surface area contributed by atoms with Crippen LogP contribution in [-0.4, -0.2) is 41.0 Å². The Hall–Kier alpha value is -3.35. The minimum Gasteiger partial charge on any atom is -0.481 e. The molecule has 0 spiro atoms. The number of hydrogen-bond acceptors (Lipinski definition) is 3. The Labute approximate surface area is 168 Å². The van der Waals surface area contributed by atoms with E-state index in [0.29, 0.717) is 29.9 Å². The van der Waals surface area contributed by atoms with E-state index in [1.807, 2.05) is 30.3 Å². The molecule has 1 heterocycles. The smallest absolute Gasteiger partial charge is 0.321 e. The second-order valence-corrected chi connectivity index (χ2v) is 7.76. The van der Waals surface area contributed by atoms with E-state index in [4.69, 9.17) is 0 Å². The summed E-state index contributed by atoms with van der Waals surface area (Å²) in [5, 5.41) is 15.3. The van der Waals surface area contributed by atoms with Crippen molar-refractivity contribution in [1.29, 1.82) is 0 Å². The fourth-order valence-electron chi connectivity index (χ4n) is 4.43. The Morgan fingerprint density at radius 1 is 0.966 bits per heavy atom. The quantitative estimate of drug-likeness (QED) is 0.738. The lowest BCUT2D eigenvalue weighted by atomic mass is 9.81. The molecule has 2 fully saturated rings. The van der Waals surface area contributed by atoms with Crippen LogP contribution in [0.5, 0.6) is 0 Å². The number of likely N-dealkylation sites (tertiary alicyclic amines) is 1. The van der Waals surface area contributed by atoms with Crippen LogP contribution in [-0.2, 0) is 4.79 Å². The molecule has 0 radical (unpaired) electrons. The largest absolute Gasteiger partial charge is 0.481 e. The first-order valence-electron chi connectivity index (χ1n) is 9.74. The zero-order chi connectivity index (χ0) is 20.4. The highest BCUT2D eigenvalue weighted by atomic mass is 16.4. The maximum Gasteiger partial charge on any atom is 0.321 e. The number of hydrogen-bond donors (Lipinski definition) is 3. The maximum atomic E-state index is 12.6. The van der Waals surface area contributed by atoms with Crippen LogP contribution in [0.3, 0.4) is 0 Å². The molecule has 2 aromatic rings. The maximum absolute atomic E-state index is 12.6. The third-order valence-corrected chi connectivity index (χ3v) is 6.01. The van der Waals surface area contributed by atoms with E-state index in [2.05, 4.69) is 10.6 Å². The van der Waals surface area contributed by atoms with Gasteiger partial charge in [0, 0.05) is 30.0 Å². The summed E-state index contributed by atoms with van der Waals surface area (Å²) in [5.74, 6) is -1.01. The zero-order valence-electron chi connectivity index (χ0n) is 15.9. The number of nitrogens with zero attached hydrogens (tertiary/aromatic N) is 1. The number of para-hydroxylation sites is 1. The summed E-state index contributed by atoms with van der Waals surface area (Å²) < 4.78 is 0. The fourth-order valence-corrected chi connectivity index (χ4v) is 4.43. The first kappa shape index (κ1) is 19.0. The number of carboxylic acids is 1. The van der Waals surface area contributed by atoms with E-state index in [1.165, 1.54) is 0 Å². The fraction of sp³-hybridized carbons (Fsp3) is 0.318. The molecule has 0 aromatic heterocycles. The molecule has 0 unspecified atom stereocenters. The topological polar surface area (TPSA) is 98.7 Å². The normalized spacial score (nSPS) is 22.8. The highest BCUT2D eigenvalue weighted by Gasteiger charge is 2.55. The van der Waals surface area contributed by atoms with E-state index in [0.717, 1.165) is 12.8 Å². The van der Waals surface area contributed by atoms with Crippen molar-refractivity contribution in [3.05, 3.63) is 60.2 Å². The number of carbonyl (C=O) groups excluding carboxylic acids is 2. The second-order valence-electron chi connectivity index (χ2n) is 7.76. The molecule has 1 saturated carbocycles. The predicted molar refractivity (Wildman–Crippen MR) is 109 cm³/mol. The number of urea groups is 1. The van der Waals surface area contributed by atoms with Crippen LogP contribution in [0, 0.1) is 11.3 Å². The lowest BCUT2D eigenvalue weighted by Gasteiger charge is -2.23. The summed E-state index contributed by atoms with van der Waals surface area (Å²) in [6.45, 7) is 0.714.